The van der Waals surface area contributed by atoms with Gasteiger partial charge >= 0.3 is 0 Å². The molecule has 0 heterocycles. The van der Waals surface area contributed by atoms with Crippen LogP contribution in [0.15, 0.2) is 0 Å². The summed E-state index contributed by atoms with van der Waals surface area (Å²) in [4.78, 5) is 0. The Morgan fingerprint density at radius 1 is 0.667 bits per heavy atom. The van der Waals surface area contributed by atoms with Gasteiger partial charge in [0.2, 0.25) is 0 Å². The van der Waals surface area contributed by atoms with Crippen LogP contribution in [0.4, 0.5) is 0 Å². The first-order valence-electron chi connectivity index (χ1n) is 10.3. The van der Waals surface area contributed by atoms with E-state index in [1.165, 1.54) is 44.9 Å². The molecular formula is C21H40. The molecule has 0 aromatic carbocycles. The van der Waals surface area contributed by atoms with E-state index in [-0.39, 0.29) is 0 Å². The lowest BCUT2D eigenvalue weighted by Gasteiger charge is -2.39. The van der Waals surface area contributed by atoms with Crippen LogP contribution < -0.4 is 0 Å². The van der Waals surface area contributed by atoms with Gasteiger partial charge < -0.3 is 0 Å². The van der Waals surface area contributed by atoms with Crippen LogP contribution in [0, 0.1) is 29.6 Å². The van der Waals surface area contributed by atoms with Gasteiger partial charge in [0.05, 0.1) is 0 Å². The highest BCUT2D eigenvalue weighted by Gasteiger charge is 2.32. The Kier molecular flexibility index (Phi) is 7.61. The molecule has 0 saturated heterocycles. The van der Waals surface area contributed by atoms with Crippen molar-refractivity contribution in [2.75, 3.05) is 0 Å². The third kappa shape index (κ3) is 5.00. The van der Waals surface area contributed by atoms with Crippen molar-refractivity contribution in [3.05, 3.63) is 0 Å². The molecule has 0 amide bonds. The van der Waals surface area contributed by atoms with E-state index in [4.69, 9.17) is 0 Å². The molecule has 0 aromatic rings. The van der Waals surface area contributed by atoms with E-state index in [1.54, 1.807) is 38.5 Å². The zero-order valence-electron chi connectivity index (χ0n) is 15.1. The van der Waals surface area contributed by atoms with Gasteiger partial charge in [-0.2, -0.15) is 0 Å². The minimum absolute atomic E-state index is 1.05. The van der Waals surface area contributed by atoms with Gasteiger partial charge in [-0.1, -0.05) is 65.7 Å². The van der Waals surface area contributed by atoms with Crippen molar-refractivity contribution >= 4 is 0 Å². The Morgan fingerprint density at radius 2 is 1.14 bits per heavy atom. The Hall–Kier alpha value is 0. The summed E-state index contributed by atoms with van der Waals surface area (Å²) in [5.74, 6) is 5.40. The highest BCUT2D eigenvalue weighted by Crippen LogP contribution is 2.44. The van der Waals surface area contributed by atoms with Crippen molar-refractivity contribution in [1.29, 1.82) is 0 Å². The van der Waals surface area contributed by atoms with Crippen molar-refractivity contribution in [3.8, 4) is 0 Å². The van der Waals surface area contributed by atoms with Gasteiger partial charge in [0.15, 0.2) is 0 Å². The predicted octanol–water partition coefficient (Wildman–Crippen LogP) is 7.23. The van der Waals surface area contributed by atoms with Crippen molar-refractivity contribution in [1.82, 2.24) is 0 Å². The molecule has 0 bridgehead atoms. The van der Waals surface area contributed by atoms with Gasteiger partial charge in [-0.3, -0.25) is 0 Å². The lowest BCUT2D eigenvalue weighted by molar-refractivity contribution is 0.118. The topological polar surface area (TPSA) is 0 Å². The van der Waals surface area contributed by atoms with Gasteiger partial charge in [0, 0.05) is 0 Å². The van der Waals surface area contributed by atoms with E-state index in [0.29, 0.717) is 0 Å². The summed E-state index contributed by atoms with van der Waals surface area (Å²) in [7, 11) is 0. The summed E-state index contributed by atoms with van der Waals surface area (Å²) < 4.78 is 0. The molecule has 0 radical (unpaired) electrons. The van der Waals surface area contributed by atoms with Gasteiger partial charge in [-0.05, 0) is 68.1 Å². The number of hydrogen-bond donors (Lipinski definition) is 0. The van der Waals surface area contributed by atoms with Crippen LogP contribution in [-0.4, -0.2) is 0 Å². The van der Waals surface area contributed by atoms with Crippen LogP contribution in [0.3, 0.4) is 0 Å². The van der Waals surface area contributed by atoms with Crippen molar-refractivity contribution in [2.24, 2.45) is 29.6 Å². The maximum atomic E-state index is 2.39. The molecule has 124 valence electrons. The average molecular weight is 293 g/mol. The first kappa shape index (κ1) is 17.4. The van der Waals surface area contributed by atoms with E-state index >= 15 is 0 Å². The molecule has 0 N–H and O–H groups in total. The molecule has 2 aliphatic rings. The standard InChI is InChI=1S/C21H40/c1-4-7-18(8-5-2)20-13-15-21(16-14-20)19-11-9-17(6-3)10-12-19/h17-21H,4-16H2,1-3H3. The van der Waals surface area contributed by atoms with Gasteiger partial charge in [0.25, 0.3) is 0 Å². The summed E-state index contributed by atoms with van der Waals surface area (Å²) in [6.07, 6.45) is 19.6. The fraction of sp³-hybridized carbons (Fsp3) is 1.00. The molecule has 2 rings (SSSR count). The number of rotatable bonds is 7. The van der Waals surface area contributed by atoms with Crippen molar-refractivity contribution in [3.63, 3.8) is 0 Å². The molecular weight excluding hydrogens is 252 g/mol. The number of hydrogen-bond acceptors (Lipinski definition) is 0. The van der Waals surface area contributed by atoms with Crippen LogP contribution in [-0.2, 0) is 0 Å². The summed E-state index contributed by atoms with van der Waals surface area (Å²) in [6, 6.07) is 0. The molecule has 2 aliphatic carbocycles. The third-order valence-electron chi connectivity index (χ3n) is 6.94. The minimum Gasteiger partial charge on any atom is -0.0654 e. The molecule has 0 spiro atoms. The molecule has 0 aliphatic heterocycles. The first-order valence-corrected chi connectivity index (χ1v) is 10.3. The normalized spacial score (nSPS) is 34.3. The molecule has 0 aromatic heterocycles. The molecule has 0 nitrogen and oxygen atoms in total. The van der Waals surface area contributed by atoms with Crippen LogP contribution in [0.1, 0.15) is 104 Å². The smallest absolute Gasteiger partial charge is 0.0386 e. The van der Waals surface area contributed by atoms with Crippen LogP contribution in [0.5, 0.6) is 0 Å². The van der Waals surface area contributed by atoms with E-state index in [2.05, 4.69) is 20.8 Å². The van der Waals surface area contributed by atoms with Crippen LogP contribution >= 0.6 is 0 Å². The van der Waals surface area contributed by atoms with E-state index in [1.807, 2.05) is 0 Å². The van der Waals surface area contributed by atoms with Gasteiger partial charge in [-0.25, -0.2) is 0 Å². The summed E-state index contributed by atoms with van der Waals surface area (Å²) in [6.45, 7) is 7.14. The van der Waals surface area contributed by atoms with Gasteiger partial charge in [0.1, 0.15) is 0 Å². The first-order chi connectivity index (χ1) is 10.3. The lowest BCUT2D eigenvalue weighted by Crippen LogP contribution is -2.28. The molecule has 21 heavy (non-hydrogen) atoms. The molecule has 2 saturated carbocycles. The SMILES string of the molecule is CCCC(CCC)C1CCC(C2CCC(CC)CC2)CC1. The second-order valence-corrected chi connectivity index (χ2v) is 8.20. The van der Waals surface area contributed by atoms with Crippen LogP contribution in [0.2, 0.25) is 0 Å². The molecule has 2 fully saturated rings. The van der Waals surface area contributed by atoms with E-state index in [9.17, 15) is 0 Å². The second-order valence-electron chi connectivity index (χ2n) is 8.20. The summed E-state index contributed by atoms with van der Waals surface area (Å²) in [5.41, 5.74) is 0. The maximum Gasteiger partial charge on any atom is -0.0386 e. The highest BCUT2D eigenvalue weighted by molar-refractivity contribution is 4.83. The molecule has 0 atom stereocenters. The quantitative estimate of drug-likeness (QED) is 0.464. The maximum absolute atomic E-state index is 2.39. The Labute approximate surface area is 134 Å². The lowest BCUT2D eigenvalue weighted by atomic mass is 9.66. The monoisotopic (exact) mass is 292 g/mol. The van der Waals surface area contributed by atoms with Crippen LogP contribution in [0.25, 0.3) is 0 Å². The Bertz CT molecular complexity index is 247. The zero-order valence-corrected chi connectivity index (χ0v) is 15.1. The minimum atomic E-state index is 1.05. The Balaban J connectivity index is 1.74. The van der Waals surface area contributed by atoms with Crippen molar-refractivity contribution < 1.29 is 0 Å². The summed E-state index contributed by atoms with van der Waals surface area (Å²) in [5, 5.41) is 0. The molecule has 0 heteroatoms. The van der Waals surface area contributed by atoms with Crippen molar-refractivity contribution in [2.45, 2.75) is 104 Å². The highest BCUT2D eigenvalue weighted by atomic mass is 14.4. The summed E-state index contributed by atoms with van der Waals surface area (Å²) >= 11 is 0. The van der Waals surface area contributed by atoms with E-state index < -0.39 is 0 Å². The average Bonchev–Trinajstić information content (AvgIpc) is 2.55. The third-order valence-corrected chi connectivity index (χ3v) is 6.94. The van der Waals surface area contributed by atoms with E-state index in [0.717, 1.165) is 29.6 Å². The second kappa shape index (κ2) is 9.21. The fourth-order valence-corrected chi connectivity index (χ4v) is 5.51. The molecule has 0 unspecified atom stereocenters. The Morgan fingerprint density at radius 3 is 1.57 bits per heavy atom. The predicted molar refractivity (Wildman–Crippen MR) is 94.5 cm³/mol. The van der Waals surface area contributed by atoms with Gasteiger partial charge in [-0.15, -0.1) is 0 Å². The fourth-order valence-electron chi connectivity index (χ4n) is 5.51. The zero-order chi connectivity index (χ0) is 15.1. The largest absolute Gasteiger partial charge is 0.0654 e.